The van der Waals surface area contributed by atoms with Crippen molar-refractivity contribution >= 4 is 74.2 Å². The molecule has 0 bridgehead atoms. The lowest BCUT2D eigenvalue weighted by atomic mass is 10.1. The first kappa shape index (κ1) is 24.3. The van der Waals surface area contributed by atoms with Gasteiger partial charge >= 0.3 is 0 Å². The summed E-state index contributed by atoms with van der Waals surface area (Å²) in [6.45, 7) is 4.84. The summed E-state index contributed by atoms with van der Waals surface area (Å²) in [6.07, 6.45) is 1.79. The van der Waals surface area contributed by atoms with Gasteiger partial charge in [0.25, 0.3) is 11.1 Å². The molecule has 1 aliphatic heterocycles. The van der Waals surface area contributed by atoms with E-state index in [2.05, 4.69) is 76.4 Å². The van der Waals surface area contributed by atoms with Crippen LogP contribution in [0.1, 0.15) is 27.8 Å². The molecule has 4 nitrogen and oxygen atoms in total. The Bertz CT molecular complexity index is 1210. The first-order valence-electron chi connectivity index (χ1n) is 10.3. The van der Waals surface area contributed by atoms with Crippen LogP contribution in [0.4, 0.5) is 4.79 Å². The highest BCUT2D eigenvalue weighted by atomic mass is 127. The fraction of sp³-hybridized carbons (Fsp3) is 0.154. The van der Waals surface area contributed by atoms with Gasteiger partial charge in [-0.1, -0.05) is 59.7 Å². The zero-order valence-electron chi connectivity index (χ0n) is 18.1. The van der Waals surface area contributed by atoms with Crippen molar-refractivity contribution in [3.63, 3.8) is 0 Å². The van der Waals surface area contributed by atoms with Crippen LogP contribution in [0, 0.1) is 21.0 Å². The molecule has 1 fully saturated rings. The van der Waals surface area contributed by atoms with Gasteiger partial charge in [-0.3, -0.25) is 14.5 Å². The molecule has 1 saturated heterocycles. The zero-order chi connectivity index (χ0) is 23.5. The van der Waals surface area contributed by atoms with E-state index in [1.165, 1.54) is 10.5 Å². The predicted octanol–water partition coefficient (Wildman–Crippen LogP) is 7.33. The van der Waals surface area contributed by atoms with Crippen molar-refractivity contribution in [2.45, 2.75) is 27.0 Å². The van der Waals surface area contributed by atoms with Crippen LogP contribution in [-0.2, 0) is 17.9 Å². The second-order valence-electron chi connectivity index (χ2n) is 7.84. The highest BCUT2D eigenvalue weighted by molar-refractivity contribution is 14.1. The number of imide groups is 1. The predicted molar refractivity (Wildman–Crippen MR) is 150 cm³/mol. The molecule has 0 saturated carbocycles. The SMILES string of the molecule is Cc1ccc(COc2c(I)cc(/C=C3\SC(=O)N(Cc4ccc(C)cc4)C3=O)cc2I)cc1. The molecule has 0 atom stereocenters. The standard InChI is InChI=1S/C26H21I2NO3S/c1-16-3-7-18(8-4-16)14-29-25(30)23(33-26(29)31)13-20-11-21(27)24(22(28)12-20)32-15-19-9-5-17(2)6-10-19/h3-13H,14-15H2,1-2H3/b23-13-. The first-order chi connectivity index (χ1) is 15.8. The maximum Gasteiger partial charge on any atom is 0.293 e. The molecular weight excluding hydrogens is 660 g/mol. The number of thioether (sulfide) groups is 1. The molecule has 0 spiro atoms. The molecule has 0 N–H and O–H groups in total. The van der Waals surface area contributed by atoms with Crippen LogP contribution in [0.3, 0.4) is 0 Å². The van der Waals surface area contributed by atoms with Crippen LogP contribution in [0.25, 0.3) is 6.08 Å². The lowest BCUT2D eigenvalue weighted by Crippen LogP contribution is -2.27. The van der Waals surface area contributed by atoms with Crippen molar-refractivity contribution in [3.8, 4) is 5.75 Å². The normalized spacial score (nSPS) is 14.9. The smallest absolute Gasteiger partial charge is 0.293 e. The van der Waals surface area contributed by atoms with Crippen molar-refractivity contribution in [3.05, 3.63) is 101 Å². The summed E-state index contributed by atoms with van der Waals surface area (Å²) in [4.78, 5) is 27.1. The minimum atomic E-state index is -0.254. The molecule has 0 aliphatic carbocycles. The van der Waals surface area contributed by atoms with Gasteiger partial charge in [-0.15, -0.1) is 0 Å². The molecule has 1 aliphatic rings. The average Bonchev–Trinajstić information content (AvgIpc) is 3.03. The minimum absolute atomic E-state index is 0.241. The van der Waals surface area contributed by atoms with Gasteiger partial charge in [0.2, 0.25) is 0 Å². The third kappa shape index (κ3) is 5.99. The van der Waals surface area contributed by atoms with Gasteiger partial charge < -0.3 is 4.74 Å². The number of amides is 2. The molecule has 4 rings (SSSR count). The van der Waals surface area contributed by atoms with Crippen molar-refractivity contribution in [2.24, 2.45) is 0 Å². The fourth-order valence-corrected chi connectivity index (χ4v) is 6.27. The highest BCUT2D eigenvalue weighted by Gasteiger charge is 2.35. The summed E-state index contributed by atoms with van der Waals surface area (Å²) >= 11 is 5.48. The summed E-state index contributed by atoms with van der Waals surface area (Å²) in [7, 11) is 0. The van der Waals surface area contributed by atoms with E-state index in [1.807, 2.05) is 43.3 Å². The Labute approximate surface area is 225 Å². The molecule has 0 unspecified atom stereocenters. The molecule has 3 aromatic rings. The van der Waals surface area contributed by atoms with E-state index in [0.717, 1.165) is 46.9 Å². The molecule has 33 heavy (non-hydrogen) atoms. The Hall–Kier alpha value is -1.85. The van der Waals surface area contributed by atoms with Gasteiger partial charge in [-0.25, -0.2) is 0 Å². The first-order valence-corrected chi connectivity index (χ1v) is 13.3. The van der Waals surface area contributed by atoms with Gasteiger partial charge in [0.05, 0.1) is 18.6 Å². The Kier molecular flexibility index (Phi) is 7.80. The number of nitrogens with zero attached hydrogens (tertiary/aromatic N) is 1. The molecule has 3 aromatic carbocycles. The Morgan fingerprint density at radius 2 is 1.42 bits per heavy atom. The van der Waals surface area contributed by atoms with E-state index in [4.69, 9.17) is 4.74 Å². The van der Waals surface area contributed by atoms with Crippen LogP contribution in [0.2, 0.25) is 0 Å². The van der Waals surface area contributed by atoms with Gasteiger partial charge in [0.15, 0.2) is 0 Å². The van der Waals surface area contributed by atoms with Crippen LogP contribution in [-0.4, -0.2) is 16.0 Å². The number of ether oxygens (including phenoxy) is 1. The van der Waals surface area contributed by atoms with Gasteiger partial charge in [-0.05, 0) is 106 Å². The van der Waals surface area contributed by atoms with E-state index in [0.29, 0.717) is 11.5 Å². The maximum atomic E-state index is 12.9. The number of halogens is 2. The monoisotopic (exact) mass is 681 g/mol. The Morgan fingerprint density at radius 3 is 2.00 bits per heavy atom. The molecule has 0 aromatic heterocycles. The topological polar surface area (TPSA) is 46.6 Å². The lowest BCUT2D eigenvalue weighted by Gasteiger charge is -2.13. The third-order valence-electron chi connectivity index (χ3n) is 5.16. The van der Waals surface area contributed by atoms with Crippen LogP contribution >= 0.6 is 56.9 Å². The van der Waals surface area contributed by atoms with E-state index in [1.54, 1.807) is 6.08 Å². The van der Waals surface area contributed by atoms with Gasteiger partial charge in [-0.2, -0.15) is 0 Å². The van der Waals surface area contributed by atoms with Crippen molar-refractivity contribution < 1.29 is 14.3 Å². The van der Waals surface area contributed by atoms with Crippen molar-refractivity contribution in [2.75, 3.05) is 0 Å². The van der Waals surface area contributed by atoms with Crippen LogP contribution in [0.15, 0.2) is 65.6 Å². The Balaban J connectivity index is 1.49. The van der Waals surface area contributed by atoms with Gasteiger partial charge in [0.1, 0.15) is 12.4 Å². The number of benzene rings is 3. The number of aryl methyl sites for hydroxylation is 2. The fourth-order valence-electron chi connectivity index (χ4n) is 3.30. The van der Waals surface area contributed by atoms with E-state index >= 15 is 0 Å². The second-order valence-corrected chi connectivity index (χ2v) is 11.2. The lowest BCUT2D eigenvalue weighted by molar-refractivity contribution is -0.123. The van der Waals surface area contributed by atoms with Gasteiger partial charge in [0, 0.05) is 0 Å². The number of carbonyl (C=O) groups is 2. The number of rotatable bonds is 6. The molecule has 2 amide bonds. The second kappa shape index (κ2) is 10.6. The quantitative estimate of drug-likeness (QED) is 0.202. The molecular formula is C26H21I2NO3S. The van der Waals surface area contributed by atoms with E-state index in [9.17, 15) is 9.59 Å². The largest absolute Gasteiger partial charge is 0.487 e. The molecule has 1 heterocycles. The summed E-state index contributed by atoms with van der Waals surface area (Å²) in [5.74, 6) is 0.566. The average molecular weight is 681 g/mol. The van der Waals surface area contributed by atoms with Crippen LogP contribution < -0.4 is 4.74 Å². The van der Waals surface area contributed by atoms with E-state index in [-0.39, 0.29) is 17.7 Å². The summed E-state index contributed by atoms with van der Waals surface area (Å²) < 4.78 is 7.99. The summed E-state index contributed by atoms with van der Waals surface area (Å²) in [5, 5.41) is -0.241. The molecule has 168 valence electrons. The van der Waals surface area contributed by atoms with Crippen LogP contribution in [0.5, 0.6) is 5.75 Å². The Morgan fingerprint density at radius 1 is 0.879 bits per heavy atom. The minimum Gasteiger partial charge on any atom is -0.487 e. The number of hydrogen-bond acceptors (Lipinski definition) is 4. The summed E-state index contributed by atoms with van der Waals surface area (Å²) in [5.41, 5.74) is 5.27. The van der Waals surface area contributed by atoms with Crippen molar-refractivity contribution in [1.29, 1.82) is 0 Å². The molecule has 0 radical (unpaired) electrons. The number of hydrogen-bond donors (Lipinski definition) is 0. The molecule has 7 heteroatoms. The van der Waals surface area contributed by atoms with Crippen molar-refractivity contribution in [1.82, 2.24) is 4.90 Å². The van der Waals surface area contributed by atoms with E-state index < -0.39 is 0 Å². The zero-order valence-corrected chi connectivity index (χ0v) is 23.2. The third-order valence-corrected chi connectivity index (χ3v) is 7.67. The number of carbonyl (C=O) groups excluding carboxylic acids is 2. The highest BCUT2D eigenvalue weighted by Crippen LogP contribution is 2.35. The summed E-state index contributed by atoms with van der Waals surface area (Å²) in [6, 6.07) is 20.1. The maximum absolute atomic E-state index is 12.9.